The van der Waals surface area contributed by atoms with Crippen molar-refractivity contribution in [1.29, 1.82) is 0 Å². The summed E-state index contributed by atoms with van der Waals surface area (Å²) in [5.74, 6) is 1.49. The maximum Gasteiger partial charge on any atom is 0.141 e. The van der Waals surface area contributed by atoms with Crippen molar-refractivity contribution in [3.63, 3.8) is 0 Å². The van der Waals surface area contributed by atoms with Crippen LogP contribution in [0.4, 0.5) is 0 Å². The zero-order valence-electron chi connectivity index (χ0n) is 5.62. The van der Waals surface area contributed by atoms with Gasteiger partial charge in [-0.15, -0.1) is 13.2 Å². The Balaban J connectivity index is 3.24. The maximum absolute atomic E-state index is 10.9. The van der Waals surface area contributed by atoms with Crippen molar-refractivity contribution in [3.8, 4) is 0 Å². The highest BCUT2D eigenvalue weighted by Crippen LogP contribution is 2.20. The Kier molecular flexibility index (Phi) is 7.68. The van der Waals surface area contributed by atoms with E-state index in [2.05, 4.69) is 13.2 Å². The Morgan fingerprint density at radius 1 is 1.20 bits per heavy atom. The fraction of sp³-hybridized carbons (Fsp3) is 0.333. The van der Waals surface area contributed by atoms with Crippen molar-refractivity contribution in [2.24, 2.45) is 0 Å². The van der Waals surface area contributed by atoms with Gasteiger partial charge in [0.25, 0.3) is 0 Å². The molecule has 10 heavy (non-hydrogen) atoms. The third kappa shape index (κ3) is 6.45. The maximum atomic E-state index is 10.9. The molecule has 0 rings (SSSR count). The lowest BCUT2D eigenvalue weighted by Gasteiger charge is -1.93. The molecule has 0 aliphatic carbocycles. The highest BCUT2D eigenvalue weighted by Gasteiger charge is 1.96. The van der Waals surface area contributed by atoms with Crippen LogP contribution >= 0.6 is 21.6 Å². The normalized spacial score (nSPS) is 9.70. The van der Waals surface area contributed by atoms with Gasteiger partial charge in [0.1, 0.15) is 8.86 Å². The number of hydrogen-bond acceptors (Lipinski definition) is 3. The lowest BCUT2D eigenvalue weighted by Crippen LogP contribution is -1.78. The average molecular weight is 194 g/mol. The minimum atomic E-state index is -0.829. The lowest BCUT2D eigenvalue weighted by atomic mass is 10.8. The standard InChI is InChI=1S/C6H10OS3/c1-3-5-8-10(7)9-6-4-2/h3-4H,1-2,5-6H2. The highest BCUT2D eigenvalue weighted by molar-refractivity contribution is 9.02. The first-order valence-corrected chi connectivity index (χ1v) is 6.87. The second kappa shape index (κ2) is 7.44. The smallest absolute Gasteiger partial charge is 0.141 e. The van der Waals surface area contributed by atoms with Crippen molar-refractivity contribution in [2.75, 3.05) is 11.5 Å². The van der Waals surface area contributed by atoms with Gasteiger partial charge in [-0.25, -0.2) is 4.21 Å². The Bertz CT molecular complexity index is 119. The summed E-state index contributed by atoms with van der Waals surface area (Å²) in [4.78, 5) is 0. The molecule has 0 saturated heterocycles. The summed E-state index contributed by atoms with van der Waals surface area (Å²) in [6, 6.07) is 0. The molecule has 0 radical (unpaired) electrons. The molecule has 0 aromatic rings. The largest absolute Gasteiger partial charge is 0.236 e. The third-order valence-corrected chi connectivity index (χ3v) is 5.40. The molecule has 0 N–H and O–H groups in total. The Labute approximate surface area is 71.6 Å². The minimum absolute atomic E-state index is 0.747. The Morgan fingerprint density at radius 2 is 1.60 bits per heavy atom. The first-order chi connectivity index (χ1) is 4.81. The van der Waals surface area contributed by atoms with Gasteiger partial charge < -0.3 is 0 Å². The summed E-state index contributed by atoms with van der Waals surface area (Å²) in [5, 5.41) is 0. The molecule has 0 aromatic carbocycles. The van der Waals surface area contributed by atoms with Gasteiger partial charge in [-0.2, -0.15) is 0 Å². The molecule has 0 aromatic heterocycles. The van der Waals surface area contributed by atoms with E-state index in [1.807, 2.05) is 0 Å². The zero-order valence-corrected chi connectivity index (χ0v) is 8.07. The van der Waals surface area contributed by atoms with Crippen molar-refractivity contribution in [1.82, 2.24) is 0 Å². The molecule has 1 nitrogen and oxygen atoms in total. The summed E-state index contributed by atoms with van der Waals surface area (Å²) in [6.45, 7) is 7.06. The van der Waals surface area contributed by atoms with E-state index in [0.29, 0.717) is 0 Å². The Morgan fingerprint density at radius 3 is 1.90 bits per heavy atom. The molecule has 0 bridgehead atoms. The average Bonchev–Trinajstić information content (AvgIpc) is 1.97. The van der Waals surface area contributed by atoms with E-state index >= 15 is 0 Å². The van der Waals surface area contributed by atoms with Crippen LogP contribution in [0.25, 0.3) is 0 Å². The molecule has 0 unspecified atom stereocenters. The highest BCUT2D eigenvalue weighted by atomic mass is 33.5. The van der Waals surface area contributed by atoms with E-state index in [1.165, 1.54) is 21.6 Å². The molecule has 0 saturated carbocycles. The second-order valence-electron chi connectivity index (χ2n) is 1.35. The fourth-order valence-corrected chi connectivity index (χ4v) is 3.78. The summed E-state index contributed by atoms with van der Waals surface area (Å²) >= 11 is 0. The molecular formula is C6H10OS3. The van der Waals surface area contributed by atoms with Crippen molar-refractivity contribution in [3.05, 3.63) is 25.3 Å². The van der Waals surface area contributed by atoms with Gasteiger partial charge in [-0.3, -0.25) is 0 Å². The van der Waals surface area contributed by atoms with E-state index in [4.69, 9.17) is 0 Å². The van der Waals surface area contributed by atoms with E-state index in [1.54, 1.807) is 12.2 Å². The summed E-state index contributed by atoms with van der Waals surface area (Å²) in [6.07, 6.45) is 3.49. The van der Waals surface area contributed by atoms with Gasteiger partial charge in [-0.1, -0.05) is 12.2 Å². The van der Waals surface area contributed by atoms with Crippen LogP contribution in [0.1, 0.15) is 0 Å². The first kappa shape index (κ1) is 10.3. The van der Waals surface area contributed by atoms with Crippen LogP contribution < -0.4 is 0 Å². The van der Waals surface area contributed by atoms with E-state index in [0.717, 1.165) is 11.5 Å². The van der Waals surface area contributed by atoms with Gasteiger partial charge in [-0.05, 0) is 21.6 Å². The van der Waals surface area contributed by atoms with Crippen LogP contribution in [-0.4, -0.2) is 15.7 Å². The topological polar surface area (TPSA) is 17.1 Å². The van der Waals surface area contributed by atoms with Crippen molar-refractivity contribution in [2.45, 2.75) is 0 Å². The molecule has 0 spiro atoms. The van der Waals surface area contributed by atoms with Gasteiger partial charge in [0, 0.05) is 11.5 Å². The summed E-state index contributed by atoms with van der Waals surface area (Å²) in [7, 11) is 1.94. The molecular weight excluding hydrogens is 184 g/mol. The van der Waals surface area contributed by atoms with Crippen molar-refractivity contribution >= 4 is 30.5 Å². The Hall–Kier alpha value is 0.330. The minimum Gasteiger partial charge on any atom is -0.236 e. The molecule has 0 aliphatic rings. The van der Waals surface area contributed by atoms with E-state index in [9.17, 15) is 4.21 Å². The van der Waals surface area contributed by atoms with Crippen LogP contribution in [0, 0.1) is 0 Å². The van der Waals surface area contributed by atoms with Gasteiger partial charge in [0.2, 0.25) is 0 Å². The number of hydrogen-bond donors (Lipinski definition) is 0. The second-order valence-corrected chi connectivity index (χ2v) is 6.76. The van der Waals surface area contributed by atoms with E-state index in [-0.39, 0.29) is 0 Å². The SMILES string of the molecule is C=CCSS(=O)SCC=C. The van der Waals surface area contributed by atoms with E-state index < -0.39 is 8.86 Å². The molecule has 0 aliphatic heterocycles. The van der Waals surface area contributed by atoms with Crippen LogP contribution in [-0.2, 0) is 8.86 Å². The van der Waals surface area contributed by atoms with Gasteiger partial charge in [0.05, 0.1) is 0 Å². The predicted octanol–water partition coefficient (Wildman–Crippen LogP) is 2.40. The zero-order chi connectivity index (χ0) is 7.82. The van der Waals surface area contributed by atoms with Crippen LogP contribution in [0.2, 0.25) is 0 Å². The monoisotopic (exact) mass is 194 g/mol. The van der Waals surface area contributed by atoms with Gasteiger partial charge >= 0.3 is 0 Å². The lowest BCUT2D eigenvalue weighted by molar-refractivity contribution is 0.699. The molecule has 0 amide bonds. The summed E-state index contributed by atoms with van der Waals surface area (Å²) < 4.78 is 10.9. The molecule has 0 heterocycles. The number of rotatable bonds is 6. The first-order valence-electron chi connectivity index (χ1n) is 2.71. The molecule has 58 valence electrons. The third-order valence-electron chi connectivity index (χ3n) is 0.564. The molecule has 0 atom stereocenters. The molecule has 4 heteroatoms. The van der Waals surface area contributed by atoms with Crippen molar-refractivity contribution < 1.29 is 4.21 Å². The predicted molar refractivity (Wildman–Crippen MR) is 53.5 cm³/mol. The quantitative estimate of drug-likeness (QED) is 0.477. The summed E-state index contributed by atoms with van der Waals surface area (Å²) in [5.41, 5.74) is 0. The van der Waals surface area contributed by atoms with Crippen LogP contribution in [0.15, 0.2) is 25.3 Å². The van der Waals surface area contributed by atoms with Crippen LogP contribution in [0.5, 0.6) is 0 Å². The molecule has 0 fully saturated rings. The fourth-order valence-electron chi connectivity index (χ4n) is 0.241. The van der Waals surface area contributed by atoms with Gasteiger partial charge in [0.15, 0.2) is 0 Å². The van der Waals surface area contributed by atoms with Crippen LogP contribution in [0.3, 0.4) is 0 Å².